The molecular weight excluding hydrogens is 272 g/mol. The Morgan fingerprint density at radius 3 is 2.69 bits per heavy atom. The average Bonchev–Trinajstić information content (AvgIpc) is 2.60. The Labute approximate surface area is 101 Å². The minimum Gasteiger partial charge on any atom is -0.481 e. The molecule has 1 heterocycles. The minimum atomic E-state index is -0.884. The van der Waals surface area contributed by atoms with E-state index in [1.54, 1.807) is 10.7 Å². The van der Waals surface area contributed by atoms with Crippen LogP contribution < -0.4 is 0 Å². The molecule has 0 bridgehead atoms. The quantitative estimate of drug-likeness (QED) is 0.938. The van der Waals surface area contributed by atoms with Crippen molar-refractivity contribution in [3.63, 3.8) is 0 Å². The van der Waals surface area contributed by atoms with Gasteiger partial charge in [0.15, 0.2) is 0 Å². The van der Waals surface area contributed by atoms with Gasteiger partial charge in [-0.1, -0.05) is 18.2 Å². The number of carboxylic acids is 1. The highest BCUT2D eigenvalue weighted by Gasteiger charge is 2.09. The molecule has 0 aliphatic heterocycles. The van der Waals surface area contributed by atoms with E-state index in [0.717, 1.165) is 10.3 Å². The van der Waals surface area contributed by atoms with Crippen LogP contribution in [0.3, 0.4) is 0 Å². The van der Waals surface area contributed by atoms with E-state index in [1.165, 1.54) is 0 Å². The Balaban J connectivity index is 2.36. The Morgan fingerprint density at radius 2 is 2.06 bits per heavy atom. The number of rotatable bonds is 3. The third kappa shape index (κ3) is 2.30. The molecule has 0 aliphatic carbocycles. The standard InChI is InChI=1S/C11H9BrN2O2/c12-10-6-8(7-11(15)16)13-14(10)9-4-2-1-3-5-9/h1-6H,7H2,(H,15,16). The van der Waals surface area contributed by atoms with Crippen molar-refractivity contribution in [2.45, 2.75) is 6.42 Å². The molecule has 0 radical (unpaired) electrons. The number of carboxylic acid groups (broad SMARTS) is 1. The molecule has 0 saturated heterocycles. The summed E-state index contributed by atoms with van der Waals surface area (Å²) >= 11 is 3.35. The van der Waals surface area contributed by atoms with Gasteiger partial charge in [0.2, 0.25) is 0 Å². The molecule has 2 aromatic rings. The lowest BCUT2D eigenvalue weighted by Gasteiger charge is -2.01. The maximum Gasteiger partial charge on any atom is 0.309 e. The number of para-hydroxylation sites is 1. The van der Waals surface area contributed by atoms with Gasteiger partial charge in [0, 0.05) is 0 Å². The van der Waals surface area contributed by atoms with Crippen LogP contribution in [0.25, 0.3) is 5.69 Å². The first-order chi connectivity index (χ1) is 7.66. The molecule has 82 valence electrons. The summed E-state index contributed by atoms with van der Waals surface area (Å²) in [6.45, 7) is 0. The van der Waals surface area contributed by atoms with E-state index in [-0.39, 0.29) is 6.42 Å². The molecule has 1 N–H and O–H groups in total. The lowest BCUT2D eigenvalue weighted by Crippen LogP contribution is -2.02. The summed E-state index contributed by atoms with van der Waals surface area (Å²) in [5, 5.41) is 12.9. The molecule has 2 rings (SSSR count). The largest absolute Gasteiger partial charge is 0.481 e. The lowest BCUT2D eigenvalue weighted by atomic mass is 10.3. The minimum absolute atomic E-state index is 0.0710. The van der Waals surface area contributed by atoms with Crippen LogP contribution in [0, 0.1) is 0 Å². The number of halogens is 1. The summed E-state index contributed by atoms with van der Waals surface area (Å²) in [4.78, 5) is 10.6. The lowest BCUT2D eigenvalue weighted by molar-refractivity contribution is -0.136. The molecule has 1 aromatic heterocycles. The molecule has 0 fully saturated rings. The van der Waals surface area contributed by atoms with E-state index in [1.807, 2.05) is 30.3 Å². The van der Waals surface area contributed by atoms with Gasteiger partial charge in [-0.15, -0.1) is 0 Å². The SMILES string of the molecule is O=C(O)Cc1cc(Br)n(-c2ccccc2)n1. The molecule has 16 heavy (non-hydrogen) atoms. The zero-order valence-corrected chi connectivity index (χ0v) is 9.89. The maximum absolute atomic E-state index is 10.6. The molecule has 0 aliphatic rings. The molecule has 4 nitrogen and oxygen atoms in total. The first-order valence-corrected chi connectivity index (χ1v) is 5.48. The Kier molecular flexibility index (Phi) is 3.05. The van der Waals surface area contributed by atoms with Crippen molar-refractivity contribution in [1.82, 2.24) is 9.78 Å². The van der Waals surface area contributed by atoms with Gasteiger partial charge in [-0.25, -0.2) is 4.68 Å². The van der Waals surface area contributed by atoms with Gasteiger partial charge in [-0.2, -0.15) is 5.10 Å². The van der Waals surface area contributed by atoms with E-state index >= 15 is 0 Å². The summed E-state index contributed by atoms with van der Waals surface area (Å²) in [6, 6.07) is 11.2. The highest BCUT2D eigenvalue weighted by molar-refractivity contribution is 9.10. The summed E-state index contributed by atoms with van der Waals surface area (Å²) in [5.74, 6) is -0.884. The number of benzene rings is 1. The number of hydrogen-bond donors (Lipinski definition) is 1. The van der Waals surface area contributed by atoms with Crippen molar-refractivity contribution in [1.29, 1.82) is 0 Å². The van der Waals surface area contributed by atoms with E-state index in [0.29, 0.717) is 5.69 Å². The topological polar surface area (TPSA) is 55.1 Å². The molecular formula is C11H9BrN2O2. The number of nitrogens with zero attached hydrogens (tertiary/aromatic N) is 2. The summed E-state index contributed by atoms with van der Waals surface area (Å²) in [6.07, 6.45) is -0.0710. The van der Waals surface area contributed by atoms with E-state index in [4.69, 9.17) is 5.11 Å². The van der Waals surface area contributed by atoms with Crippen LogP contribution in [0.4, 0.5) is 0 Å². The summed E-state index contributed by atoms with van der Waals surface area (Å²) in [5.41, 5.74) is 1.43. The molecule has 0 spiro atoms. The van der Waals surface area contributed by atoms with Crippen LogP contribution in [-0.4, -0.2) is 20.9 Å². The van der Waals surface area contributed by atoms with Gasteiger partial charge < -0.3 is 5.11 Å². The normalized spacial score (nSPS) is 10.3. The third-order valence-corrected chi connectivity index (χ3v) is 2.61. The second-order valence-corrected chi connectivity index (χ2v) is 4.09. The van der Waals surface area contributed by atoms with Crippen molar-refractivity contribution < 1.29 is 9.90 Å². The molecule has 0 amide bonds. The zero-order valence-electron chi connectivity index (χ0n) is 8.30. The van der Waals surface area contributed by atoms with Crippen LogP contribution in [0.2, 0.25) is 0 Å². The van der Waals surface area contributed by atoms with Crippen molar-refractivity contribution in [2.75, 3.05) is 0 Å². The van der Waals surface area contributed by atoms with E-state index in [9.17, 15) is 4.79 Å². The molecule has 1 aromatic carbocycles. The second-order valence-electron chi connectivity index (χ2n) is 3.28. The van der Waals surface area contributed by atoms with Crippen LogP contribution in [0.1, 0.15) is 5.69 Å². The first-order valence-electron chi connectivity index (χ1n) is 4.68. The molecule has 0 atom stereocenters. The molecule has 0 saturated carbocycles. The summed E-state index contributed by atoms with van der Waals surface area (Å²) in [7, 11) is 0. The Bertz CT molecular complexity index is 508. The molecule has 0 unspecified atom stereocenters. The smallest absolute Gasteiger partial charge is 0.309 e. The number of aromatic nitrogens is 2. The van der Waals surface area contributed by atoms with Gasteiger partial charge >= 0.3 is 5.97 Å². The van der Waals surface area contributed by atoms with Gasteiger partial charge in [0.25, 0.3) is 0 Å². The molecule has 5 heteroatoms. The second kappa shape index (κ2) is 4.49. The fourth-order valence-corrected chi connectivity index (χ4v) is 1.94. The van der Waals surface area contributed by atoms with Crippen LogP contribution in [-0.2, 0) is 11.2 Å². The van der Waals surface area contributed by atoms with Crippen LogP contribution in [0.15, 0.2) is 41.0 Å². The van der Waals surface area contributed by atoms with Crippen LogP contribution >= 0.6 is 15.9 Å². The van der Waals surface area contributed by atoms with Crippen molar-refractivity contribution in [3.8, 4) is 5.69 Å². The van der Waals surface area contributed by atoms with Gasteiger partial charge in [-0.05, 0) is 34.1 Å². The van der Waals surface area contributed by atoms with E-state index in [2.05, 4.69) is 21.0 Å². The van der Waals surface area contributed by atoms with Crippen molar-refractivity contribution >= 4 is 21.9 Å². The van der Waals surface area contributed by atoms with Crippen LogP contribution in [0.5, 0.6) is 0 Å². The highest BCUT2D eigenvalue weighted by atomic mass is 79.9. The first kappa shape index (κ1) is 10.9. The predicted octanol–water partition coefficient (Wildman–Crippen LogP) is 2.26. The summed E-state index contributed by atoms with van der Waals surface area (Å²) < 4.78 is 2.41. The Hall–Kier alpha value is -1.62. The van der Waals surface area contributed by atoms with Gasteiger partial charge in [0.05, 0.1) is 17.8 Å². The van der Waals surface area contributed by atoms with E-state index < -0.39 is 5.97 Å². The fourth-order valence-electron chi connectivity index (χ4n) is 1.40. The zero-order chi connectivity index (χ0) is 11.5. The third-order valence-electron chi connectivity index (χ3n) is 2.05. The number of carbonyl (C=O) groups is 1. The number of hydrogen-bond acceptors (Lipinski definition) is 2. The van der Waals surface area contributed by atoms with Crippen molar-refractivity contribution in [3.05, 3.63) is 46.7 Å². The Morgan fingerprint density at radius 1 is 1.38 bits per heavy atom. The monoisotopic (exact) mass is 280 g/mol. The predicted molar refractivity (Wildman–Crippen MR) is 62.6 cm³/mol. The maximum atomic E-state index is 10.6. The highest BCUT2D eigenvalue weighted by Crippen LogP contribution is 2.17. The van der Waals surface area contributed by atoms with Crippen molar-refractivity contribution in [2.24, 2.45) is 0 Å². The van der Waals surface area contributed by atoms with Gasteiger partial charge in [0.1, 0.15) is 4.60 Å². The van der Waals surface area contributed by atoms with Gasteiger partial charge in [-0.3, -0.25) is 4.79 Å². The number of aliphatic carboxylic acids is 1. The average molecular weight is 281 g/mol. The fraction of sp³-hybridized carbons (Fsp3) is 0.0909.